The molecule has 1 heterocycles. The molecule has 0 unspecified atom stereocenters. The first kappa shape index (κ1) is 7.28. The molecule has 1 aliphatic heterocycles. The van der Waals surface area contributed by atoms with Gasteiger partial charge < -0.3 is 10.6 Å². The van der Waals surface area contributed by atoms with Crippen LogP contribution < -0.4 is 10.6 Å². The third-order valence-electron chi connectivity index (χ3n) is 1.38. The molecule has 0 saturated carbocycles. The summed E-state index contributed by atoms with van der Waals surface area (Å²) >= 11 is 0. The Morgan fingerprint density at radius 2 is 2.60 bits per heavy atom. The van der Waals surface area contributed by atoms with E-state index in [0.717, 1.165) is 18.9 Å². The van der Waals surface area contributed by atoms with E-state index in [1.165, 1.54) is 5.70 Å². The molecule has 0 fully saturated rings. The Morgan fingerprint density at radius 1 is 1.80 bits per heavy atom. The number of rotatable bonds is 2. The van der Waals surface area contributed by atoms with Crippen LogP contribution >= 0.6 is 0 Å². The fraction of sp³-hybridized carbons (Fsp3) is 0.571. The Hall–Kier alpha value is -0.830. The van der Waals surface area contributed by atoms with Gasteiger partial charge in [0.2, 0.25) is 0 Å². The van der Waals surface area contributed by atoms with E-state index in [1.807, 2.05) is 14.0 Å². The van der Waals surface area contributed by atoms with Crippen LogP contribution in [-0.4, -0.2) is 26.0 Å². The van der Waals surface area contributed by atoms with E-state index in [-0.39, 0.29) is 0 Å². The summed E-state index contributed by atoms with van der Waals surface area (Å²) in [4.78, 5) is 4.24. The molecule has 0 bridgehead atoms. The lowest BCUT2D eigenvalue weighted by molar-refractivity contribution is 0.805. The summed E-state index contributed by atoms with van der Waals surface area (Å²) in [6.07, 6.45) is 2.06. The van der Waals surface area contributed by atoms with E-state index in [4.69, 9.17) is 0 Å². The van der Waals surface area contributed by atoms with E-state index in [0.29, 0.717) is 0 Å². The zero-order valence-electron chi connectivity index (χ0n) is 6.44. The lowest BCUT2D eigenvalue weighted by atomic mass is 10.3. The van der Waals surface area contributed by atoms with Gasteiger partial charge in [-0.2, -0.15) is 0 Å². The maximum absolute atomic E-state index is 4.24. The van der Waals surface area contributed by atoms with Gasteiger partial charge in [0, 0.05) is 12.2 Å². The normalized spacial score (nSPS) is 17.4. The van der Waals surface area contributed by atoms with Crippen molar-refractivity contribution >= 4 is 5.71 Å². The molecular weight excluding hydrogens is 126 g/mol. The summed E-state index contributed by atoms with van der Waals surface area (Å²) in [5.41, 5.74) is 2.32. The summed E-state index contributed by atoms with van der Waals surface area (Å²) in [5, 5.41) is 6.17. The number of allylic oxidation sites excluding steroid dienone is 1. The van der Waals surface area contributed by atoms with Crippen molar-refractivity contribution in [2.75, 3.05) is 20.3 Å². The molecule has 3 nitrogen and oxygen atoms in total. The lowest BCUT2D eigenvalue weighted by Crippen LogP contribution is -2.25. The SMILES string of the molecule is CNCC1=NCNC(C)=C1. The average molecular weight is 139 g/mol. The summed E-state index contributed by atoms with van der Waals surface area (Å²) in [7, 11) is 1.92. The summed E-state index contributed by atoms with van der Waals surface area (Å²) in [6.45, 7) is 3.63. The van der Waals surface area contributed by atoms with Gasteiger partial charge in [-0.25, -0.2) is 0 Å². The van der Waals surface area contributed by atoms with Gasteiger partial charge in [0.1, 0.15) is 6.67 Å². The average Bonchev–Trinajstić information content (AvgIpc) is 1.88. The predicted octanol–water partition coefficient (Wildman–Crippen LogP) is 0.111. The maximum atomic E-state index is 4.24. The summed E-state index contributed by atoms with van der Waals surface area (Å²) < 4.78 is 0. The van der Waals surface area contributed by atoms with E-state index >= 15 is 0 Å². The van der Waals surface area contributed by atoms with Gasteiger partial charge in [-0.3, -0.25) is 4.99 Å². The monoisotopic (exact) mass is 139 g/mol. The lowest BCUT2D eigenvalue weighted by Gasteiger charge is -2.11. The van der Waals surface area contributed by atoms with Crippen LogP contribution in [0.15, 0.2) is 16.8 Å². The van der Waals surface area contributed by atoms with Crippen LogP contribution in [0.1, 0.15) is 6.92 Å². The molecule has 0 aliphatic carbocycles. The molecule has 0 saturated heterocycles. The Kier molecular flexibility index (Phi) is 2.45. The number of nitrogens with one attached hydrogen (secondary N) is 2. The molecular formula is C7H13N3. The van der Waals surface area contributed by atoms with Crippen LogP contribution in [-0.2, 0) is 0 Å². The van der Waals surface area contributed by atoms with Crippen molar-refractivity contribution in [3.8, 4) is 0 Å². The third kappa shape index (κ3) is 1.84. The fourth-order valence-electron chi connectivity index (χ4n) is 0.900. The van der Waals surface area contributed by atoms with Crippen LogP contribution in [0.4, 0.5) is 0 Å². The number of hydrogen-bond acceptors (Lipinski definition) is 3. The first-order valence-electron chi connectivity index (χ1n) is 3.43. The van der Waals surface area contributed by atoms with E-state index in [2.05, 4.69) is 21.7 Å². The zero-order chi connectivity index (χ0) is 7.40. The van der Waals surface area contributed by atoms with Crippen molar-refractivity contribution < 1.29 is 0 Å². The van der Waals surface area contributed by atoms with Gasteiger partial charge in [0.25, 0.3) is 0 Å². The molecule has 3 heteroatoms. The molecule has 0 aromatic heterocycles. The highest BCUT2D eigenvalue weighted by molar-refractivity contribution is 5.97. The van der Waals surface area contributed by atoms with Gasteiger partial charge in [-0.05, 0) is 20.0 Å². The van der Waals surface area contributed by atoms with Gasteiger partial charge in [0.05, 0.1) is 5.71 Å². The van der Waals surface area contributed by atoms with Gasteiger partial charge in [-0.1, -0.05) is 0 Å². The largest absolute Gasteiger partial charge is 0.370 e. The molecule has 2 N–H and O–H groups in total. The fourth-order valence-corrected chi connectivity index (χ4v) is 0.900. The topological polar surface area (TPSA) is 36.4 Å². The predicted molar refractivity (Wildman–Crippen MR) is 43.1 cm³/mol. The first-order chi connectivity index (χ1) is 4.83. The Bertz CT molecular complexity index is 170. The third-order valence-corrected chi connectivity index (χ3v) is 1.38. The van der Waals surface area contributed by atoms with Crippen molar-refractivity contribution in [3.05, 3.63) is 11.8 Å². The van der Waals surface area contributed by atoms with E-state index in [1.54, 1.807) is 0 Å². The van der Waals surface area contributed by atoms with Gasteiger partial charge >= 0.3 is 0 Å². The quantitative estimate of drug-likeness (QED) is 0.569. The molecule has 0 atom stereocenters. The minimum atomic E-state index is 0.722. The molecule has 0 radical (unpaired) electrons. The van der Waals surface area contributed by atoms with Crippen LogP contribution in [0, 0.1) is 0 Å². The Balaban J connectivity index is 2.51. The van der Waals surface area contributed by atoms with Crippen LogP contribution in [0.2, 0.25) is 0 Å². The first-order valence-corrected chi connectivity index (χ1v) is 3.43. The molecule has 10 heavy (non-hydrogen) atoms. The smallest absolute Gasteiger partial charge is 0.107 e. The minimum absolute atomic E-state index is 0.722. The Labute approximate surface area is 61.2 Å². The van der Waals surface area contributed by atoms with Crippen molar-refractivity contribution in [3.63, 3.8) is 0 Å². The van der Waals surface area contributed by atoms with Crippen LogP contribution in [0.25, 0.3) is 0 Å². The number of aliphatic imine (C=N–C) groups is 1. The van der Waals surface area contributed by atoms with Crippen LogP contribution in [0.3, 0.4) is 0 Å². The van der Waals surface area contributed by atoms with Crippen LogP contribution in [0.5, 0.6) is 0 Å². The van der Waals surface area contributed by atoms with Gasteiger partial charge in [0.15, 0.2) is 0 Å². The minimum Gasteiger partial charge on any atom is -0.370 e. The number of hydrogen-bond donors (Lipinski definition) is 2. The molecule has 1 rings (SSSR count). The highest BCUT2D eigenvalue weighted by Gasteiger charge is 1.99. The maximum Gasteiger partial charge on any atom is 0.107 e. The van der Waals surface area contributed by atoms with Gasteiger partial charge in [-0.15, -0.1) is 0 Å². The highest BCUT2D eigenvalue weighted by Crippen LogP contribution is 1.94. The second-order valence-corrected chi connectivity index (χ2v) is 2.34. The number of nitrogens with zero attached hydrogens (tertiary/aromatic N) is 1. The second-order valence-electron chi connectivity index (χ2n) is 2.34. The van der Waals surface area contributed by atoms with Crippen molar-refractivity contribution in [1.82, 2.24) is 10.6 Å². The van der Waals surface area contributed by atoms with E-state index < -0.39 is 0 Å². The highest BCUT2D eigenvalue weighted by atomic mass is 15.0. The second kappa shape index (κ2) is 3.37. The molecule has 0 spiro atoms. The van der Waals surface area contributed by atoms with Crippen molar-refractivity contribution in [1.29, 1.82) is 0 Å². The van der Waals surface area contributed by atoms with Crippen molar-refractivity contribution in [2.24, 2.45) is 4.99 Å². The summed E-state index contributed by atoms with van der Waals surface area (Å²) in [6, 6.07) is 0. The van der Waals surface area contributed by atoms with Crippen molar-refractivity contribution in [2.45, 2.75) is 6.92 Å². The summed E-state index contributed by atoms with van der Waals surface area (Å²) in [5.74, 6) is 0. The zero-order valence-corrected chi connectivity index (χ0v) is 6.44. The molecule has 0 aromatic carbocycles. The molecule has 56 valence electrons. The Morgan fingerprint density at radius 3 is 3.20 bits per heavy atom. The standard InChI is InChI=1S/C7H13N3/c1-6-3-7(4-8-2)10-5-9-6/h3,8-9H,4-5H2,1-2H3. The molecule has 1 aliphatic rings. The molecule has 0 aromatic rings. The van der Waals surface area contributed by atoms with E-state index in [9.17, 15) is 0 Å². The molecule has 0 amide bonds.